The number of halogens is 4. The fourth-order valence-corrected chi connectivity index (χ4v) is 3.99. The highest BCUT2D eigenvalue weighted by atomic mass is 19.4. The summed E-state index contributed by atoms with van der Waals surface area (Å²) in [5.74, 6) is -0.290. The minimum atomic E-state index is -4.46. The lowest BCUT2D eigenvalue weighted by Crippen LogP contribution is -2.37. The summed E-state index contributed by atoms with van der Waals surface area (Å²) >= 11 is 0. The molecule has 1 saturated heterocycles. The number of anilines is 4. The Bertz CT molecular complexity index is 1260. The molecule has 1 fully saturated rings. The van der Waals surface area contributed by atoms with Crippen LogP contribution in [0.25, 0.3) is 0 Å². The monoisotopic (exact) mass is 546 g/mol. The van der Waals surface area contributed by atoms with Crippen LogP contribution in [-0.4, -0.2) is 61.1 Å². The number of hydrogen-bond donors (Lipinski definition) is 3. The van der Waals surface area contributed by atoms with Crippen LogP contribution in [0.3, 0.4) is 0 Å². The Hall–Kier alpha value is -3.84. The van der Waals surface area contributed by atoms with Gasteiger partial charge in [0.1, 0.15) is 0 Å². The summed E-state index contributed by atoms with van der Waals surface area (Å²) in [7, 11) is 1.81. The first-order valence-corrected chi connectivity index (χ1v) is 12.5. The van der Waals surface area contributed by atoms with E-state index < -0.39 is 17.6 Å². The molecule has 1 aromatic carbocycles. The van der Waals surface area contributed by atoms with Gasteiger partial charge in [0.15, 0.2) is 11.6 Å². The number of nitrogens with zero attached hydrogens (tertiary/aromatic N) is 5. The molecule has 1 aliphatic rings. The van der Waals surface area contributed by atoms with Crippen LogP contribution in [0.4, 0.5) is 40.7 Å². The van der Waals surface area contributed by atoms with Gasteiger partial charge in [0.25, 0.3) is 0 Å². The summed E-state index contributed by atoms with van der Waals surface area (Å²) in [6.45, 7) is 4.64. The predicted molar refractivity (Wildman–Crippen MR) is 142 cm³/mol. The van der Waals surface area contributed by atoms with Crippen LogP contribution in [-0.2, 0) is 10.9 Å². The third kappa shape index (κ3) is 7.83. The van der Waals surface area contributed by atoms with Gasteiger partial charge in [-0.15, -0.1) is 0 Å². The van der Waals surface area contributed by atoms with E-state index in [1.807, 2.05) is 14.0 Å². The predicted octanol–water partition coefficient (Wildman–Crippen LogP) is 4.77. The zero-order valence-electron chi connectivity index (χ0n) is 21.6. The second-order valence-corrected chi connectivity index (χ2v) is 9.07. The number of hydrogen-bond acceptors (Lipinski definition) is 9. The summed E-state index contributed by atoms with van der Waals surface area (Å²) in [4.78, 5) is 14.1. The lowest BCUT2D eigenvalue weighted by molar-refractivity contribution is -0.137. The van der Waals surface area contributed by atoms with Crippen molar-refractivity contribution in [1.82, 2.24) is 20.3 Å². The molecule has 1 unspecified atom stereocenters. The van der Waals surface area contributed by atoms with Gasteiger partial charge in [-0.3, -0.25) is 4.98 Å². The summed E-state index contributed by atoms with van der Waals surface area (Å²) in [6, 6.07) is 7.35. The first kappa shape index (κ1) is 28.2. The van der Waals surface area contributed by atoms with Crippen LogP contribution in [0.2, 0.25) is 0 Å². The molecule has 39 heavy (non-hydrogen) atoms. The van der Waals surface area contributed by atoms with E-state index in [0.717, 1.165) is 12.3 Å². The van der Waals surface area contributed by atoms with Crippen molar-refractivity contribution in [2.75, 3.05) is 55.5 Å². The van der Waals surface area contributed by atoms with Crippen LogP contribution >= 0.6 is 0 Å². The average molecular weight is 547 g/mol. The molecule has 1 aliphatic heterocycles. The topological polar surface area (TPSA) is 99.6 Å². The van der Waals surface area contributed by atoms with Gasteiger partial charge in [0.2, 0.25) is 5.95 Å². The number of morpholine rings is 1. The fourth-order valence-electron chi connectivity index (χ4n) is 3.99. The number of rotatable bonds is 10. The maximum absolute atomic E-state index is 14.2. The van der Waals surface area contributed by atoms with Crippen LogP contribution in [0, 0.1) is 5.82 Å². The lowest BCUT2D eigenvalue weighted by atomic mass is 9.95. The lowest BCUT2D eigenvalue weighted by Gasteiger charge is -2.27. The van der Waals surface area contributed by atoms with Crippen LogP contribution in [0.15, 0.2) is 47.8 Å². The Morgan fingerprint density at radius 2 is 1.90 bits per heavy atom. The molecule has 0 radical (unpaired) electrons. The first-order chi connectivity index (χ1) is 18.7. The molecular formula is C26H30F4N8O. The molecule has 208 valence electrons. The molecule has 0 saturated carbocycles. The van der Waals surface area contributed by atoms with E-state index in [0.29, 0.717) is 61.9 Å². The van der Waals surface area contributed by atoms with E-state index in [2.05, 4.69) is 36.1 Å². The first-order valence-electron chi connectivity index (χ1n) is 12.5. The minimum Gasteiger partial charge on any atom is -0.378 e. The van der Waals surface area contributed by atoms with Gasteiger partial charge in [-0.05, 0) is 61.8 Å². The summed E-state index contributed by atoms with van der Waals surface area (Å²) in [5, 5.41) is 10.1. The third-order valence-corrected chi connectivity index (χ3v) is 6.15. The van der Waals surface area contributed by atoms with Crippen molar-refractivity contribution in [2.45, 2.75) is 25.4 Å². The number of nitrogens with one attached hydrogen (secondary N) is 3. The second kappa shape index (κ2) is 12.8. The molecule has 0 spiro atoms. The molecule has 3 aromatic rings. The molecule has 13 heteroatoms. The smallest absolute Gasteiger partial charge is 0.378 e. The maximum Gasteiger partial charge on any atom is 0.416 e. The average Bonchev–Trinajstić information content (AvgIpc) is 2.93. The van der Waals surface area contributed by atoms with E-state index in [4.69, 9.17) is 4.74 Å². The molecule has 9 nitrogen and oxygen atoms in total. The van der Waals surface area contributed by atoms with Crippen molar-refractivity contribution in [1.29, 1.82) is 0 Å². The van der Waals surface area contributed by atoms with Gasteiger partial charge >= 0.3 is 6.18 Å². The largest absolute Gasteiger partial charge is 0.416 e. The van der Waals surface area contributed by atoms with E-state index in [9.17, 15) is 17.6 Å². The van der Waals surface area contributed by atoms with Crippen molar-refractivity contribution < 1.29 is 22.3 Å². The van der Waals surface area contributed by atoms with E-state index in [1.165, 1.54) is 18.5 Å². The standard InChI is InChI=1S/C26H30F4N8O/c1-17(5-6-31-2)18-11-19(26(28,29)30)13-22(12-18)35-21-4-3-20(32-14-21)15-34-37-25-33-16-23(27)24(36-25)38-7-9-39-10-8-38/h3-4,11-17,31,35H,5-10H2,1-2H3,(H,33,36,37)/b34-15+. The quantitative estimate of drug-likeness (QED) is 0.190. The number of aromatic nitrogens is 3. The Balaban J connectivity index is 1.42. The SMILES string of the molecule is CNCCC(C)c1cc(Nc2ccc(/C=N/Nc3ncc(F)c(N4CCOCC4)n3)nc2)cc(C(F)(F)F)c1. The molecule has 1 atom stereocenters. The molecule has 4 rings (SSSR count). The normalized spacial score (nSPS) is 15.0. The number of pyridine rings is 1. The molecule has 3 N–H and O–H groups in total. The van der Waals surface area contributed by atoms with Gasteiger partial charge in [0.05, 0.1) is 48.8 Å². The van der Waals surface area contributed by atoms with E-state index in [-0.39, 0.29) is 17.7 Å². The van der Waals surface area contributed by atoms with Crippen molar-refractivity contribution in [3.63, 3.8) is 0 Å². The van der Waals surface area contributed by atoms with Crippen LogP contribution < -0.4 is 21.0 Å². The molecule has 2 aromatic heterocycles. The third-order valence-electron chi connectivity index (χ3n) is 6.15. The van der Waals surface area contributed by atoms with E-state index in [1.54, 1.807) is 23.1 Å². The Morgan fingerprint density at radius 1 is 1.10 bits per heavy atom. The van der Waals surface area contributed by atoms with Crippen molar-refractivity contribution in [3.8, 4) is 0 Å². The summed E-state index contributed by atoms with van der Waals surface area (Å²) in [6.07, 6.45) is 0.249. The zero-order valence-corrected chi connectivity index (χ0v) is 21.6. The molecule has 3 heterocycles. The number of alkyl halides is 3. The number of hydrazone groups is 1. The minimum absolute atomic E-state index is 0.0560. The Kier molecular flexibility index (Phi) is 9.25. The molecule has 0 aliphatic carbocycles. The van der Waals surface area contributed by atoms with Gasteiger partial charge < -0.3 is 20.3 Å². The molecular weight excluding hydrogens is 516 g/mol. The van der Waals surface area contributed by atoms with Crippen molar-refractivity contribution in [2.24, 2.45) is 5.10 Å². The van der Waals surface area contributed by atoms with Crippen molar-refractivity contribution >= 4 is 29.4 Å². The van der Waals surface area contributed by atoms with Gasteiger partial charge in [0, 0.05) is 18.8 Å². The van der Waals surface area contributed by atoms with Gasteiger partial charge in [-0.1, -0.05) is 6.92 Å². The van der Waals surface area contributed by atoms with Crippen LogP contribution in [0.1, 0.15) is 36.1 Å². The highest BCUT2D eigenvalue weighted by Crippen LogP contribution is 2.35. The Morgan fingerprint density at radius 3 is 2.59 bits per heavy atom. The highest BCUT2D eigenvalue weighted by molar-refractivity contribution is 5.78. The number of benzene rings is 1. The van der Waals surface area contributed by atoms with Crippen molar-refractivity contribution in [3.05, 3.63) is 65.4 Å². The highest BCUT2D eigenvalue weighted by Gasteiger charge is 2.31. The zero-order chi connectivity index (χ0) is 27.8. The van der Waals surface area contributed by atoms with E-state index >= 15 is 0 Å². The summed E-state index contributed by atoms with van der Waals surface area (Å²) in [5.41, 5.74) is 3.88. The maximum atomic E-state index is 14.2. The Labute approximate surface area is 223 Å². The number of ether oxygens (including phenoxy) is 1. The van der Waals surface area contributed by atoms with Gasteiger partial charge in [-0.25, -0.2) is 14.8 Å². The summed E-state index contributed by atoms with van der Waals surface area (Å²) < 4.78 is 60.0. The fraction of sp³-hybridized carbons (Fsp3) is 0.385. The second-order valence-electron chi connectivity index (χ2n) is 9.07. The van der Waals surface area contributed by atoms with Crippen LogP contribution in [0.5, 0.6) is 0 Å². The molecule has 0 bridgehead atoms. The van der Waals surface area contributed by atoms with Gasteiger partial charge in [-0.2, -0.15) is 23.3 Å². The molecule has 0 amide bonds.